The summed E-state index contributed by atoms with van der Waals surface area (Å²) in [7, 11) is 0. The maximum Gasteiger partial charge on any atom is 0.309 e. The summed E-state index contributed by atoms with van der Waals surface area (Å²) in [4.78, 5) is 26.1. The summed E-state index contributed by atoms with van der Waals surface area (Å²) in [5.41, 5.74) is 1.37. The molecular weight excluding hydrogens is 443 g/mol. The van der Waals surface area contributed by atoms with E-state index in [1.807, 2.05) is 6.92 Å². The summed E-state index contributed by atoms with van der Waals surface area (Å²) >= 11 is 0. The molecule has 6 aliphatic rings. The molecule has 1 aromatic carbocycles. The van der Waals surface area contributed by atoms with Crippen molar-refractivity contribution in [3.63, 3.8) is 0 Å². The first-order valence-electron chi connectivity index (χ1n) is 14.0. The second-order valence-corrected chi connectivity index (χ2v) is 12.7. The van der Waals surface area contributed by atoms with Crippen molar-refractivity contribution >= 4 is 11.8 Å². The Kier molecular flexibility index (Phi) is 5.96. The predicted octanol–water partition coefficient (Wildman–Crippen LogP) is 6.71. The standard InChI is InChI=1S/C30H39FO4/c1-3-34-29(33)27-17(2)4-7-22(27)28(32)24-11-23(21-5-6-21)26(12-25(24)31)35-16-30-13-18-8-19(14-30)10-20(9-18)15-30/h11-12,17-22,27H,3-10,13-16H2,1-2H3/t17-,18?,19?,20?,22+,27+,30?/m0/s1. The summed E-state index contributed by atoms with van der Waals surface area (Å²) in [6.45, 7) is 4.73. The van der Waals surface area contributed by atoms with Crippen LogP contribution in [0.3, 0.4) is 0 Å². The van der Waals surface area contributed by atoms with E-state index in [1.54, 1.807) is 13.0 Å². The highest BCUT2D eigenvalue weighted by Crippen LogP contribution is 2.60. The van der Waals surface area contributed by atoms with Crippen LogP contribution in [0, 0.1) is 46.7 Å². The topological polar surface area (TPSA) is 52.6 Å². The van der Waals surface area contributed by atoms with Crippen LogP contribution in [0.25, 0.3) is 0 Å². The first kappa shape index (κ1) is 23.5. The highest BCUT2D eigenvalue weighted by molar-refractivity contribution is 6.01. The van der Waals surface area contributed by atoms with Crippen molar-refractivity contribution in [1.82, 2.24) is 0 Å². The Morgan fingerprint density at radius 2 is 1.66 bits per heavy atom. The van der Waals surface area contributed by atoms with Gasteiger partial charge >= 0.3 is 5.97 Å². The second-order valence-electron chi connectivity index (χ2n) is 12.7. The Morgan fingerprint density at radius 3 is 2.26 bits per heavy atom. The number of ketones is 1. The van der Waals surface area contributed by atoms with E-state index in [-0.39, 0.29) is 28.6 Å². The summed E-state index contributed by atoms with van der Waals surface area (Å²) < 4.78 is 27.2. The smallest absolute Gasteiger partial charge is 0.309 e. The van der Waals surface area contributed by atoms with Gasteiger partial charge in [-0.1, -0.05) is 6.92 Å². The first-order valence-corrected chi connectivity index (χ1v) is 14.0. The predicted molar refractivity (Wildman–Crippen MR) is 131 cm³/mol. The minimum atomic E-state index is -0.512. The molecule has 0 unspecified atom stereocenters. The van der Waals surface area contributed by atoms with Crippen LogP contribution in [-0.2, 0) is 9.53 Å². The fourth-order valence-electron chi connectivity index (χ4n) is 8.62. The molecule has 1 aromatic rings. The maximum absolute atomic E-state index is 15.5. The number of rotatable bonds is 8. The monoisotopic (exact) mass is 482 g/mol. The van der Waals surface area contributed by atoms with E-state index in [2.05, 4.69) is 0 Å². The van der Waals surface area contributed by atoms with Crippen LogP contribution >= 0.6 is 0 Å². The van der Waals surface area contributed by atoms with Crippen LogP contribution in [0.1, 0.15) is 99.9 Å². The van der Waals surface area contributed by atoms with Gasteiger partial charge in [0, 0.05) is 17.4 Å². The molecule has 5 heteroatoms. The lowest BCUT2D eigenvalue weighted by molar-refractivity contribution is -0.150. The Balaban J connectivity index is 1.23. The van der Waals surface area contributed by atoms with E-state index in [1.165, 1.54) is 44.6 Å². The third-order valence-electron chi connectivity index (χ3n) is 9.96. The van der Waals surface area contributed by atoms with Crippen molar-refractivity contribution < 1.29 is 23.5 Å². The summed E-state index contributed by atoms with van der Waals surface area (Å²) in [5, 5.41) is 0. The van der Waals surface area contributed by atoms with E-state index in [4.69, 9.17) is 9.47 Å². The van der Waals surface area contributed by atoms with Crippen molar-refractivity contribution in [3.8, 4) is 5.75 Å². The average Bonchev–Trinajstić information content (AvgIpc) is 3.57. The summed E-state index contributed by atoms with van der Waals surface area (Å²) in [6.07, 6.45) is 11.4. The van der Waals surface area contributed by atoms with Gasteiger partial charge in [-0.15, -0.1) is 0 Å². The number of halogens is 1. The SMILES string of the molecule is CCOC(=O)[C@@H]1[C@@H](C)CC[C@H]1C(=O)c1cc(C2CC2)c(OCC23CC4CC(CC(C4)C2)C3)cc1F. The number of carbonyl (C=O) groups is 2. The van der Waals surface area contributed by atoms with Crippen LogP contribution in [-0.4, -0.2) is 25.0 Å². The number of hydrogen-bond donors (Lipinski definition) is 0. The number of carbonyl (C=O) groups excluding carboxylic acids is 2. The van der Waals surface area contributed by atoms with Crippen LogP contribution in [0.15, 0.2) is 12.1 Å². The Bertz CT molecular complexity index is 977. The Morgan fingerprint density at radius 1 is 1.00 bits per heavy atom. The molecule has 0 radical (unpaired) electrons. The number of ether oxygens (including phenoxy) is 2. The van der Waals surface area contributed by atoms with Gasteiger partial charge < -0.3 is 9.47 Å². The van der Waals surface area contributed by atoms with Gasteiger partial charge in [-0.25, -0.2) is 4.39 Å². The van der Waals surface area contributed by atoms with Crippen LogP contribution in [0.5, 0.6) is 5.75 Å². The zero-order chi connectivity index (χ0) is 24.3. The van der Waals surface area contributed by atoms with E-state index >= 15 is 4.39 Å². The largest absolute Gasteiger partial charge is 0.493 e. The molecule has 190 valence electrons. The third-order valence-corrected chi connectivity index (χ3v) is 9.96. The molecule has 4 nitrogen and oxygen atoms in total. The van der Waals surface area contributed by atoms with E-state index in [0.29, 0.717) is 31.3 Å². The zero-order valence-electron chi connectivity index (χ0n) is 21.2. The lowest BCUT2D eigenvalue weighted by atomic mass is 9.50. The number of esters is 1. The molecule has 4 bridgehead atoms. The highest BCUT2D eigenvalue weighted by atomic mass is 19.1. The van der Waals surface area contributed by atoms with E-state index < -0.39 is 17.7 Å². The van der Waals surface area contributed by atoms with E-state index in [9.17, 15) is 9.59 Å². The molecule has 7 rings (SSSR count). The molecule has 6 aliphatic carbocycles. The fourth-order valence-corrected chi connectivity index (χ4v) is 8.62. The van der Waals surface area contributed by atoms with Gasteiger partial charge in [0.25, 0.3) is 0 Å². The number of hydrogen-bond acceptors (Lipinski definition) is 4. The molecule has 0 N–H and O–H groups in total. The minimum Gasteiger partial charge on any atom is -0.493 e. The van der Waals surface area contributed by atoms with Crippen molar-refractivity contribution in [3.05, 3.63) is 29.1 Å². The third kappa shape index (κ3) is 4.31. The van der Waals surface area contributed by atoms with Crippen molar-refractivity contribution in [2.45, 2.75) is 84.0 Å². The molecule has 0 spiro atoms. The van der Waals surface area contributed by atoms with Gasteiger partial charge in [-0.2, -0.15) is 0 Å². The second kappa shape index (κ2) is 8.88. The van der Waals surface area contributed by atoms with Crippen LogP contribution in [0.2, 0.25) is 0 Å². The van der Waals surface area contributed by atoms with Gasteiger partial charge in [0.05, 0.1) is 24.7 Å². The van der Waals surface area contributed by atoms with Crippen molar-refractivity contribution in [2.24, 2.45) is 40.9 Å². The average molecular weight is 483 g/mol. The van der Waals surface area contributed by atoms with E-state index in [0.717, 1.165) is 42.6 Å². The molecule has 6 fully saturated rings. The zero-order valence-corrected chi connectivity index (χ0v) is 21.2. The maximum atomic E-state index is 15.5. The normalized spacial score (nSPS) is 37.5. The molecule has 0 saturated heterocycles. The van der Waals surface area contributed by atoms with Gasteiger partial charge in [0.1, 0.15) is 11.6 Å². The summed E-state index contributed by atoms with van der Waals surface area (Å²) in [5.74, 6) is 1.52. The molecule has 0 aliphatic heterocycles. The molecule has 0 heterocycles. The minimum absolute atomic E-state index is 0.0665. The Hall–Kier alpha value is -1.91. The van der Waals surface area contributed by atoms with Crippen molar-refractivity contribution in [2.75, 3.05) is 13.2 Å². The first-order chi connectivity index (χ1) is 16.9. The fraction of sp³-hybridized carbons (Fsp3) is 0.733. The Labute approximate surface area is 208 Å². The lowest BCUT2D eigenvalue weighted by Gasteiger charge is -2.56. The summed E-state index contributed by atoms with van der Waals surface area (Å²) in [6, 6.07) is 3.23. The highest BCUT2D eigenvalue weighted by Gasteiger charge is 2.51. The van der Waals surface area contributed by atoms with Gasteiger partial charge in [0.15, 0.2) is 5.78 Å². The van der Waals surface area contributed by atoms with Crippen LogP contribution < -0.4 is 4.74 Å². The molecule has 35 heavy (non-hydrogen) atoms. The van der Waals surface area contributed by atoms with Gasteiger partial charge in [-0.05, 0) is 112 Å². The molecule has 0 amide bonds. The number of benzene rings is 1. The van der Waals surface area contributed by atoms with Crippen molar-refractivity contribution in [1.29, 1.82) is 0 Å². The molecular formula is C30H39FO4. The van der Waals surface area contributed by atoms with Gasteiger partial charge in [0.2, 0.25) is 0 Å². The molecule has 0 aromatic heterocycles. The van der Waals surface area contributed by atoms with Crippen LogP contribution in [0.4, 0.5) is 4.39 Å². The molecule has 6 saturated carbocycles. The van der Waals surface area contributed by atoms with Gasteiger partial charge in [-0.3, -0.25) is 9.59 Å². The quantitative estimate of drug-likeness (QED) is 0.305. The molecule has 3 atom stereocenters. The number of Topliss-reactive ketones (excluding diaryl/α,β-unsaturated/α-hetero) is 1. The lowest BCUT2D eigenvalue weighted by Crippen LogP contribution is -2.48.